The molecule has 3 aromatic carbocycles. The van der Waals surface area contributed by atoms with E-state index in [0.717, 1.165) is 5.69 Å². The number of fused-ring (bicyclic) bond motifs is 1. The quantitative estimate of drug-likeness (QED) is 0.260. The van der Waals surface area contributed by atoms with E-state index in [9.17, 15) is 0 Å². The van der Waals surface area contributed by atoms with Crippen molar-refractivity contribution in [3.8, 4) is 22.4 Å². The first-order chi connectivity index (χ1) is 14.8. The van der Waals surface area contributed by atoms with Crippen LogP contribution in [0.3, 0.4) is 0 Å². The number of pyridine rings is 1. The van der Waals surface area contributed by atoms with Gasteiger partial charge in [0.15, 0.2) is 0 Å². The molecule has 0 radical (unpaired) electrons. The Kier molecular flexibility index (Phi) is 6.92. The molecule has 0 aliphatic carbocycles. The van der Waals surface area contributed by atoms with E-state index in [2.05, 4.69) is 90.8 Å². The van der Waals surface area contributed by atoms with Crippen LogP contribution in [0.25, 0.3) is 33.2 Å². The molecule has 0 amide bonds. The maximum absolute atomic E-state index is 4.69. The van der Waals surface area contributed by atoms with Gasteiger partial charge in [-0.15, -0.1) is 0 Å². The Balaban J connectivity index is 1.47. The van der Waals surface area contributed by atoms with Crippen LogP contribution in [0.5, 0.6) is 0 Å². The molecule has 1 heteroatoms. The Morgan fingerprint density at radius 2 is 1.40 bits per heavy atom. The van der Waals surface area contributed by atoms with E-state index in [1.165, 1.54) is 78.0 Å². The van der Waals surface area contributed by atoms with Crippen LogP contribution in [0, 0.1) is 0 Å². The van der Waals surface area contributed by atoms with E-state index in [0.29, 0.717) is 0 Å². The molecule has 0 atom stereocenters. The Hall–Kier alpha value is -2.93. The molecule has 0 spiro atoms. The third kappa shape index (κ3) is 4.97. The number of nitrogens with zero attached hydrogens (tertiary/aromatic N) is 1. The zero-order valence-electron chi connectivity index (χ0n) is 18.0. The molecule has 152 valence electrons. The summed E-state index contributed by atoms with van der Waals surface area (Å²) < 4.78 is 0. The lowest BCUT2D eigenvalue weighted by atomic mass is 9.97. The van der Waals surface area contributed by atoms with Crippen LogP contribution in [-0.2, 0) is 6.42 Å². The molecule has 0 fully saturated rings. The summed E-state index contributed by atoms with van der Waals surface area (Å²) in [7, 11) is 0. The number of hydrogen-bond acceptors (Lipinski definition) is 1. The fraction of sp³-hybridized carbons (Fsp3) is 0.276. The van der Waals surface area contributed by atoms with Crippen molar-refractivity contribution in [2.24, 2.45) is 0 Å². The van der Waals surface area contributed by atoms with Crippen LogP contribution >= 0.6 is 0 Å². The van der Waals surface area contributed by atoms with Gasteiger partial charge in [0.05, 0.1) is 5.69 Å². The number of hydrogen-bond donors (Lipinski definition) is 0. The van der Waals surface area contributed by atoms with Crippen molar-refractivity contribution in [1.82, 2.24) is 4.98 Å². The van der Waals surface area contributed by atoms with E-state index in [1.807, 2.05) is 6.20 Å². The summed E-state index contributed by atoms with van der Waals surface area (Å²) in [5.74, 6) is 0. The topological polar surface area (TPSA) is 12.9 Å². The lowest BCUT2D eigenvalue weighted by molar-refractivity contribution is 0.607. The van der Waals surface area contributed by atoms with Gasteiger partial charge < -0.3 is 0 Å². The lowest BCUT2D eigenvalue weighted by Crippen LogP contribution is -1.88. The highest BCUT2D eigenvalue weighted by Gasteiger charge is 2.07. The first-order valence-electron chi connectivity index (χ1n) is 11.4. The number of aryl methyl sites for hydroxylation is 1. The summed E-state index contributed by atoms with van der Waals surface area (Å²) in [6.07, 6.45) is 11.2. The van der Waals surface area contributed by atoms with Gasteiger partial charge in [0.25, 0.3) is 0 Å². The molecular weight excluding hydrogens is 362 g/mol. The molecular formula is C29H31N. The minimum Gasteiger partial charge on any atom is -0.256 e. The van der Waals surface area contributed by atoms with Crippen LogP contribution < -0.4 is 0 Å². The molecule has 1 nitrogen and oxygen atoms in total. The normalized spacial score (nSPS) is 11.1. The molecule has 0 saturated carbocycles. The van der Waals surface area contributed by atoms with Gasteiger partial charge in [-0.1, -0.05) is 106 Å². The highest BCUT2D eigenvalue weighted by Crippen LogP contribution is 2.30. The largest absolute Gasteiger partial charge is 0.256 e. The molecule has 0 N–H and O–H groups in total. The molecule has 30 heavy (non-hydrogen) atoms. The molecule has 4 aromatic rings. The molecule has 0 aliphatic heterocycles. The summed E-state index contributed by atoms with van der Waals surface area (Å²) >= 11 is 0. The summed E-state index contributed by atoms with van der Waals surface area (Å²) in [5, 5.41) is 2.43. The second kappa shape index (κ2) is 10.2. The second-order valence-electron chi connectivity index (χ2n) is 8.18. The number of aromatic nitrogens is 1. The Labute approximate surface area is 180 Å². The van der Waals surface area contributed by atoms with Crippen molar-refractivity contribution in [3.05, 3.63) is 90.6 Å². The van der Waals surface area contributed by atoms with Gasteiger partial charge in [0.1, 0.15) is 0 Å². The number of rotatable bonds is 9. The highest BCUT2D eigenvalue weighted by molar-refractivity contribution is 5.95. The van der Waals surface area contributed by atoms with Gasteiger partial charge >= 0.3 is 0 Å². The Morgan fingerprint density at radius 1 is 0.633 bits per heavy atom. The summed E-state index contributed by atoms with van der Waals surface area (Å²) in [4.78, 5) is 4.69. The molecule has 1 aromatic heterocycles. The maximum atomic E-state index is 4.69. The van der Waals surface area contributed by atoms with Crippen LogP contribution in [0.2, 0.25) is 0 Å². The lowest BCUT2D eigenvalue weighted by Gasteiger charge is -2.09. The molecule has 1 heterocycles. The van der Waals surface area contributed by atoms with Gasteiger partial charge in [-0.3, -0.25) is 4.98 Å². The van der Waals surface area contributed by atoms with Gasteiger partial charge in [-0.05, 0) is 47.1 Å². The zero-order valence-corrected chi connectivity index (χ0v) is 18.0. The smallest absolute Gasteiger partial charge is 0.0780 e. The van der Waals surface area contributed by atoms with Crippen LogP contribution in [0.4, 0.5) is 0 Å². The third-order valence-corrected chi connectivity index (χ3v) is 5.92. The number of benzene rings is 3. The van der Waals surface area contributed by atoms with Gasteiger partial charge in [0.2, 0.25) is 0 Å². The standard InChI is InChI=1S/C29H31N/c1-2-3-4-5-6-7-11-23-16-18-24(19-17-23)26-13-10-14-27(22-26)29-28-15-9-8-12-25(28)20-21-30-29/h8-10,12-22H,2-7,11H2,1H3. The Morgan fingerprint density at radius 3 is 2.27 bits per heavy atom. The summed E-state index contributed by atoms with van der Waals surface area (Å²) in [6, 6.07) is 28.4. The SMILES string of the molecule is CCCCCCCCc1ccc(-c2cccc(-c3nccc4ccccc34)c2)cc1. The minimum atomic E-state index is 1.05. The molecule has 0 aliphatic rings. The van der Waals surface area contributed by atoms with Crippen molar-refractivity contribution in [1.29, 1.82) is 0 Å². The van der Waals surface area contributed by atoms with E-state index in [-0.39, 0.29) is 0 Å². The second-order valence-corrected chi connectivity index (χ2v) is 8.18. The fourth-order valence-electron chi connectivity index (χ4n) is 4.17. The van der Waals surface area contributed by atoms with Crippen LogP contribution in [0.15, 0.2) is 85.1 Å². The monoisotopic (exact) mass is 393 g/mol. The first-order valence-corrected chi connectivity index (χ1v) is 11.4. The van der Waals surface area contributed by atoms with Gasteiger partial charge in [0, 0.05) is 17.1 Å². The van der Waals surface area contributed by atoms with Crippen LogP contribution in [-0.4, -0.2) is 4.98 Å². The van der Waals surface area contributed by atoms with Crippen molar-refractivity contribution in [2.45, 2.75) is 51.9 Å². The van der Waals surface area contributed by atoms with Crippen molar-refractivity contribution in [2.75, 3.05) is 0 Å². The summed E-state index contributed by atoms with van der Waals surface area (Å²) in [5.41, 5.74) is 6.17. The number of unbranched alkanes of at least 4 members (excludes halogenated alkanes) is 5. The summed E-state index contributed by atoms with van der Waals surface area (Å²) in [6.45, 7) is 2.27. The van der Waals surface area contributed by atoms with Crippen molar-refractivity contribution in [3.63, 3.8) is 0 Å². The predicted molar refractivity (Wildman–Crippen MR) is 130 cm³/mol. The average molecular weight is 394 g/mol. The molecule has 0 bridgehead atoms. The maximum Gasteiger partial charge on any atom is 0.0780 e. The third-order valence-electron chi connectivity index (χ3n) is 5.92. The van der Waals surface area contributed by atoms with Gasteiger partial charge in [-0.25, -0.2) is 0 Å². The predicted octanol–water partition coefficient (Wildman–Crippen LogP) is 8.47. The van der Waals surface area contributed by atoms with E-state index in [1.54, 1.807) is 0 Å². The molecule has 4 rings (SSSR count). The Bertz CT molecular complexity index is 1070. The molecule has 0 saturated heterocycles. The van der Waals surface area contributed by atoms with Crippen molar-refractivity contribution < 1.29 is 0 Å². The van der Waals surface area contributed by atoms with E-state index >= 15 is 0 Å². The first kappa shape index (κ1) is 20.3. The van der Waals surface area contributed by atoms with E-state index in [4.69, 9.17) is 0 Å². The average Bonchev–Trinajstić information content (AvgIpc) is 2.81. The minimum absolute atomic E-state index is 1.05. The van der Waals surface area contributed by atoms with E-state index < -0.39 is 0 Å². The van der Waals surface area contributed by atoms with Crippen molar-refractivity contribution >= 4 is 10.8 Å². The van der Waals surface area contributed by atoms with Crippen LogP contribution in [0.1, 0.15) is 51.0 Å². The highest BCUT2D eigenvalue weighted by atomic mass is 14.7. The zero-order chi connectivity index (χ0) is 20.6. The fourth-order valence-corrected chi connectivity index (χ4v) is 4.17. The van der Waals surface area contributed by atoms with Gasteiger partial charge in [-0.2, -0.15) is 0 Å². The molecule has 0 unspecified atom stereocenters.